The molecule has 0 aliphatic heterocycles. The molecule has 0 heterocycles. The Hall–Kier alpha value is -1.81. The highest BCUT2D eigenvalue weighted by molar-refractivity contribution is 5.75. The summed E-state index contributed by atoms with van der Waals surface area (Å²) in [6.07, 6.45) is 0.289. The molecule has 0 amide bonds. The van der Waals surface area contributed by atoms with Gasteiger partial charge in [0.05, 0.1) is 24.2 Å². The van der Waals surface area contributed by atoms with Crippen molar-refractivity contribution in [3.8, 4) is 12.1 Å². The number of carbonyl (C=O) groups excluding carboxylic acids is 1. The largest absolute Gasteiger partial charge is 0.465 e. The zero-order valence-electron chi connectivity index (χ0n) is 10.1. The molecule has 0 bridgehead atoms. The lowest BCUT2D eigenvalue weighted by Gasteiger charge is -2.16. The van der Waals surface area contributed by atoms with Gasteiger partial charge in [-0.2, -0.15) is 10.5 Å². The van der Waals surface area contributed by atoms with E-state index in [1.165, 1.54) is 0 Å². The predicted molar refractivity (Wildman–Crippen MR) is 59.0 cm³/mol. The lowest BCUT2D eigenvalue weighted by molar-refractivity contribution is -0.152. The van der Waals surface area contributed by atoms with E-state index in [0.717, 1.165) is 0 Å². The molecule has 0 rings (SSSR count). The van der Waals surface area contributed by atoms with E-state index < -0.39 is 5.41 Å². The Morgan fingerprint density at radius 1 is 1.25 bits per heavy atom. The number of ether oxygens (including phenoxy) is 1. The van der Waals surface area contributed by atoms with Crippen LogP contribution >= 0.6 is 0 Å². The highest BCUT2D eigenvalue weighted by atomic mass is 16.5. The molecule has 0 radical (unpaired) electrons. The van der Waals surface area contributed by atoms with Crippen LogP contribution in [0.25, 0.3) is 0 Å². The summed E-state index contributed by atoms with van der Waals surface area (Å²) in [6.45, 7) is 6.99. The first-order valence-corrected chi connectivity index (χ1v) is 5.00. The molecule has 0 saturated heterocycles. The zero-order valence-corrected chi connectivity index (χ0v) is 10.1. The monoisotopic (exact) mass is 220 g/mol. The van der Waals surface area contributed by atoms with E-state index in [1.54, 1.807) is 27.7 Å². The standard InChI is InChI=1S/C12H16N2O2/c1-9(7-13)10(8-14)5-6-16-11(15)12(2,3)4/h5-6H2,1-4H3/b10-9+. The average Bonchev–Trinajstić information content (AvgIpc) is 2.21. The van der Waals surface area contributed by atoms with Gasteiger partial charge in [-0.15, -0.1) is 0 Å². The first kappa shape index (κ1) is 14.2. The molecular weight excluding hydrogens is 204 g/mol. The van der Waals surface area contributed by atoms with Crippen molar-refractivity contribution in [3.63, 3.8) is 0 Å². The van der Waals surface area contributed by atoms with Gasteiger partial charge in [0.1, 0.15) is 0 Å². The lowest BCUT2D eigenvalue weighted by Crippen LogP contribution is -2.23. The maximum atomic E-state index is 11.4. The van der Waals surface area contributed by atoms with Crippen LogP contribution in [0.15, 0.2) is 11.1 Å². The molecule has 0 aromatic rings. The molecule has 0 aromatic carbocycles. The van der Waals surface area contributed by atoms with Crippen molar-refractivity contribution in [3.05, 3.63) is 11.1 Å². The Balaban J connectivity index is 4.26. The molecule has 0 aliphatic carbocycles. The Morgan fingerprint density at radius 2 is 1.81 bits per heavy atom. The minimum Gasteiger partial charge on any atom is -0.465 e. The fourth-order valence-electron chi connectivity index (χ4n) is 0.857. The Labute approximate surface area is 96.1 Å². The predicted octanol–water partition coefficient (Wildman–Crippen LogP) is 2.33. The third-order valence-electron chi connectivity index (χ3n) is 1.95. The second-order valence-corrected chi connectivity index (χ2v) is 4.46. The highest BCUT2D eigenvalue weighted by Gasteiger charge is 2.22. The van der Waals surface area contributed by atoms with E-state index in [9.17, 15) is 4.79 Å². The van der Waals surface area contributed by atoms with Crippen LogP contribution in [0.2, 0.25) is 0 Å². The highest BCUT2D eigenvalue weighted by Crippen LogP contribution is 2.16. The topological polar surface area (TPSA) is 73.9 Å². The van der Waals surface area contributed by atoms with Crippen molar-refractivity contribution in [2.45, 2.75) is 34.1 Å². The van der Waals surface area contributed by atoms with Gasteiger partial charge in [0, 0.05) is 17.6 Å². The third-order valence-corrected chi connectivity index (χ3v) is 1.95. The molecule has 0 atom stereocenters. The van der Waals surface area contributed by atoms with Crippen LogP contribution in [0.4, 0.5) is 0 Å². The summed E-state index contributed by atoms with van der Waals surface area (Å²) in [5.74, 6) is -0.306. The van der Waals surface area contributed by atoms with Gasteiger partial charge in [0.2, 0.25) is 0 Å². The average molecular weight is 220 g/mol. The first-order valence-electron chi connectivity index (χ1n) is 5.00. The molecule has 0 spiro atoms. The molecule has 0 aromatic heterocycles. The summed E-state index contributed by atoms with van der Waals surface area (Å²) in [7, 11) is 0. The van der Waals surface area contributed by atoms with Gasteiger partial charge in [0.25, 0.3) is 0 Å². The van der Waals surface area contributed by atoms with Crippen LogP contribution in [0.3, 0.4) is 0 Å². The van der Waals surface area contributed by atoms with Gasteiger partial charge in [-0.25, -0.2) is 0 Å². The van der Waals surface area contributed by atoms with Crippen LogP contribution in [0, 0.1) is 28.1 Å². The molecule has 16 heavy (non-hydrogen) atoms. The number of rotatable bonds is 3. The number of esters is 1. The maximum absolute atomic E-state index is 11.4. The smallest absolute Gasteiger partial charge is 0.311 e. The van der Waals surface area contributed by atoms with Crippen LogP contribution in [-0.4, -0.2) is 12.6 Å². The summed E-state index contributed by atoms with van der Waals surface area (Å²) in [4.78, 5) is 11.4. The van der Waals surface area contributed by atoms with E-state index in [4.69, 9.17) is 15.3 Å². The third kappa shape index (κ3) is 4.61. The van der Waals surface area contributed by atoms with Crippen molar-refractivity contribution < 1.29 is 9.53 Å². The van der Waals surface area contributed by atoms with E-state index in [2.05, 4.69) is 0 Å². The minimum absolute atomic E-state index is 0.137. The molecule has 4 heteroatoms. The van der Waals surface area contributed by atoms with Crippen LogP contribution in [0.1, 0.15) is 34.1 Å². The number of hydrogen-bond acceptors (Lipinski definition) is 4. The molecule has 0 N–H and O–H groups in total. The Bertz CT molecular complexity index is 375. The summed E-state index contributed by atoms with van der Waals surface area (Å²) >= 11 is 0. The van der Waals surface area contributed by atoms with E-state index in [0.29, 0.717) is 11.1 Å². The molecule has 86 valence electrons. The quantitative estimate of drug-likeness (QED) is 0.540. The first-order chi connectivity index (χ1) is 7.32. The number of allylic oxidation sites excluding steroid dienone is 1. The van der Waals surface area contributed by atoms with E-state index >= 15 is 0 Å². The Morgan fingerprint density at radius 3 is 2.19 bits per heavy atom. The fraction of sp³-hybridized carbons (Fsp3) is 0.583. The van der Waals surface area contributed by atoms with Gasteiger partial charge >= 0.3 is 5.97 Å². The second kappa shape index (κ2) is 5.92. The molecule has 4 nitrogen and oxygen atoms in total. The van der Waals surface area contributed by atoms with Crippen molar-refractivity contribution in [2.24, 2.45) is 5.41 Å². The van der Waals surface area contributed by atoms with Crippen LogP contribution in [0.5, 0.6) is 0 Å². The minimum atomic E-state index is -0.541. The maximum Gasteiger partial charge on any atom is 0.311 e. The van der Waals surface area contributed by atoms with Gasteiger partial charge in [-0.05, 0) is 27.7 Å². The van der Waals surface area contributed by atoms with Gasteiger partial charge < -0.3 is 4.74 Å². The zero-order chi connectivity index (χ0) is 12.8. The number of nitrogens with zero attached hydrogens (tertiary/aromatic N) is 2. The number of carbonyl (C=O) groups is 1. The Kier molecular flexibility index (Phi) is 5.25. The van der Waals surface area contributed by atoms with Crippen molar-refractivity contribution >= 4 is 5.97 Å². The summed E-state index contributed by atoms with van der Waals surface area (Å²) in [5, 5.41) is 17.4. The number of hydrogen-bond donors (Lipinski definition) is 0. The molecular formula is C12H16N2O2. The molecule has 0 fully saturated rings. The van der Waals surface area contributed by atoms with E-state index in [1.807, 2.05) is 12.1 Å². The van der Waals surface area contributed by atoms with Crippen LogP contribution < -0.4 is 0 Å². The molecule has 0 aliphatic rings. The normalized spacial score (nSPS) is 12.1. The summed E-state index contributed by atoms with van der Waals surface area (Å²) in [5.41, 5.74) is 0.194. The molecule has 0 unspecified atom stereocenters. The van der Waals surface area contributed by atoms with Crippen molar-refractivity contribution in [2.75, 3.05) is 6.61 Å². The number of nitriles is 2. The SMILES string of the molecule is C/C(C#N)=C(\C#N)CCOC(=O)C(C)(C)C. The van der Waals surface area contributed by atoms with Crippen molar-refractivity contribution in [1.29, 1.82) is 10.5 Å². The molecule has 0 saturated carbocycles. The summed E-state index contributed by atoms with van der Waals surface area (Å²) < 4.78 is 5.00. The van der Waals surface area contributed by atoms with E-state index in [-0.39, 0.29) is 19.0 Å². The lowest BCUT2D eigenvalue weighted by atomic mass is 9.97. The van der Waals surface area contributed by atoms with Gasteiger partial charge in [-0.1, -0.05) is 0 Å². The van der Waals surface area contributed by atoms with Gasteiger partial charge in [-0.3, -0.25) is 4.79 Å². The summed E-state index contributed by atoms with van der Waals surface area (Å²) in [6, 6.07) is 3.83. The van der Waals surface area contributed by atoms with Crippen molar-refractivity contribution in [1.82, 2.24) is 0 Å². The fourth-order valence-corrected chi connectivity index (χ4v) is 0.857. The van der Waals surface area contributed by atoms with Crippen LogP contribution in [-0.2, 0) is 9.53 Å². The van der Waals surface area contributed by atoms with Gasteiger partial charge in [0.15, 0.2) is 0 Å². The second-order valence-electron chi connectivity index (χ2n) is 4.46.